The predicted octanol–water partition coefficient (Wildman–Crippen LogP) is 1.37. The topological polar surface area (TPSA) is 42.0 Å². The van der Waals surface area contributed by atoms with Gasteiger partial charge in [-0.3, -0.25) is 15.1 Å². The molecule has 3 nitrogen and oxygen atoms in total. The summed E-state index contributed by atoms with van der Waals surface area (Å²) in [6, 6.07) is 3.95. The van der Waals surface area contributed by atoms with E-state index in [1.54, 1.807) is 24.9 Å². The summed E-state index contributed by atoms with van der Waals surface area (Å²) in [4.78, 5) is 15.2. The van der Waals surface area contributed by atoms with E-state index in [0.717, 1.165) is 11.3 Å². The zero-order valence-corrected chi connectivity index (χ0v) is 8.75. The monoisotopic (exact) mass is 208 g/mol. The van der Waals surface area contributed by atoms with Gasteiger partial charge in [-0.25, -0.2) is 0 Å². The molecule has 1 unspecified atom stereocenters. The maximum Gasteiger partial charge on any atom is 0.147 e. The van der Waals surface area contributed by atoms with Crippen molar-refractivity contribution in [2.45, 2.75) is 18.3 Å². The molecule has 0 bridgehead atoms. The molecule has 14 heavy (non-hydrogen) atoms. The van der Waals surface area contributed by atoms with Crippen molar-refractivity contribution in [2.24, 2.45) is 0 Å². The zero-order valence-electron chi connectivity index (χ0n) is 7.93. The highest BCUT2D eigenvalue weighted by molar-refractivity contribution is 7.99. The molecule has 1 aliphatic rings. The van der Waals surface area contributed by atoms with E-state index in [1.165, 1.54) is 0 Å². The van der Waals surface area contributed by atoms with Gasteiger partial charge in [0.05, 0.1) is 11.4 Å². The minimum Gasteiger partial charge on any atom is -0.298 e. The van der Waals surface area contributed by atoms with Gasteiger partial charge in [0.2, 0.25) is 0 Å². The van der Waals surface area contributed by atoms with Gasteiger partial charge in [0.1, 0.15) is 5.78 Å². The van der Waals surface area contributed by atoms with Gasteiger partial charge in [0.15, 0.2) is 0 Å². The molecule has 0 saturated carbocycles. The third kappa shape index (κ3) is 1.96. The average Bonchev–Trinajstić information content (AvgIpc) is 2.68. The fourth-order valence-electron chi connectivity index (χ4n) is 1.43. The molecule has 4 heteroatoms. The van der Waals surface area contributed by atoms with Crippen molar-refractivity contribution in [3.05, 3.63) is 30.1 Å². The first-order valence-corrected chi connectivity index (χ1v) is 5.60. The molecule has 1 aromatic heterocycles. The molecule has 1 aromatic rings. The lowest BCUT2D eigenvalue weighted by Crippen LogP contribution is -2.32. The van der Waals surface area contributed by atoms with Crippen LogP contribution in [0.15, 0.2) is 24.5 Å². The maximum absolute atomic E-state index is 11.1. The van der Waals surface area contributed by atoms with Crippen molar-refractivity contribution in [3.8, 4) is 0 Å². The second kappa shape index (κ2) is 4.11. The number of hydrogen-bond acceptors (Lipinski definition) is 4. The first kappa shape index (κ1) is 9.68. The normalized spacial score (nSPS) is 26.4. The molecule has 0 aromatic carbocycles. The minimum atomic E-state index is 0.00482. The van der Waals surface area contributed by atoms with Crippen LogP contribution in [0.3, 0.4) is 0 Å². The third-order valence-corrected chi connectivity index (χ3v) is 3.53. The van der Waals surface area contributed by atoms with E-state index in [1.807, 2.05) is 18.3 Å². The Morgan fingerprint density at radius 3 is 3.14 bits per heavy atom. The Morgan fingerprint density at radius 1 is 1.71 bits per heavy atom. The number of thioether (sulfide) groups is 1. The van der Waals surface area contributed by atoms with E-state index in [4.69, 9.17) is 0 Å². The zero-order chi connectivity index (χ0) is 9.97. The van der Waals surface area contributed by atoms with Crippen molar-refractivity contribution in [1.29, 1.82) is 0 Å². The van der Waals surface area contributed by atoms with E-state index in [-0.39, 0.29) is 17.2 Å². The van der Waals surface area contributed by atoms with E-state index in [0.29, 0.717) is 0 Å². The molecule has 2 rings (SSSR count). The van der Waals surface area contributed by atoms with Crippen LogP contribution in [-0.4, -0.2) is 22.6 Å². The Kier molecular flexibility index (Phi) is 2.84. The van der Waals surface area contributed by atoms with Crippen molar-refractivity contribution in [1.82, 2.24) is 10.3 Å². The van der Waals surface area contributed by atoms with Gasteiger partial charge >= 0.3 is 0 Å². The highest BCUT2D eigenvalue weighted by Gasteiger charge is 2.28. The molecule has 74 valence electrons. The number of nitrogens with one attached hydrogen (secondary N) is 1. The summed E-state index contributed by atoms with van der Waals surface area (Å²) < 4.78 is 0. The maximum atomic E-state index is 11.1. The SMILES string of the molecule is CC(=O)[C@@H]1CSC(c2cccnc2)N1. The molecule has 2 atom stereocenters. The summed E-state index contributed by atoms with van der Waals surface area (Å²) in [5.74, 6) is 1.07. The van der Waals surface area contributed by atoms with Gasteiger partial charge < -0.3 is 0 Å². The first-order valence-electron chi connectivity index (χ1n) is 4.55. The highest BCUT2D eigenvalue weighted by Crippen LogP contribution is 2.32. The Labute approximate surface area is 87.3 Å². The number of carbonyl (C=O) groups excluding carboxylic acids is 1. The van der Waals surface area contributed by atoms with E-state index < -0.39 is 0 Å². The summed E-state index contributed by atoms with van der Waals surface area (Å²) in [5, 5.41) is 3.50. The summed E-state index contributed by atoms with van der Waals surface area (Å²) in [6.45, 7) is 1.63. The van der Waals surface area contributed by atoms with E-state index in [9.17, 15) is 4.79 Å². The number of rotatable bonds is 2. The van der Waals surface area contributed by atoms with Crippen LogP contribution in [0.4, 0.5) is 0 Å². The fraction of sp³-hybridized carbons (Fsp3) is 0.400. The number of carbonyl (C=O) groups is 1. The van der Waals surface area contributed by atoms with Crippen molar-refractivity contribution in [3.63, 3.8) is 0 Å². The van der Waals surface area contributed by atoms with Crippen molar-refractivity contribution < 1.29 is 4.79 Å². The van der Waals surface area contributed by atoms with Gasteiger partial charge in [0, 0.05) is 18.1 Å². The molecule has 0 radical (unpaired) electrons. The Bertz CT molecular complexity index is 328. The molecule has 1 aliphatic heterocycles. The van der Waals surface area contributed by atoms with Crippen LogP contribution in [0.5, 0.6) is 0 Å². The molecule has 1 N–H and O–H groups in total. The van der Waals surface area contributed by atoms with Crippen LogP contribution in [0.2, 0.25) is 0 Å². The summed E-state index contributed by atoms with van der Waals surface area (Å²) >= 11 is 1.76. The summed E-state index contributed by atoms with van der Waals surface area (Å²) in [7, 11) is 0. The highest BCUT2D eigenvalue weighted by atomic mass is 32.2. The molecular weight excluding hydrogens is 196 g/mol. The molecule has 1 fully saturated rings. The van der Waals surface area contributed by atoms with Crippen LogP contribution in [-0.2, 0) is 4.79 Å². The van der Waals surface area contributed by atoms with Gasteiger partial charge in [-0.15, -0.1) is 11.8 Å². The summed E-state index contributed by atoms with van der Waals surface area (Å²) in [6.07, 6.45) is 3.60. The number of nitrogens with zero attached hydrogens (tertiary/aromatic N) is 1. The number of ketones is 1. The molecule has 2 heterocycles. The number of hydrogen-bond donors (Lipinski definition) is 1. The van der Waals surface area contributed by atoms with Crippen molar-refractivity contribution in [2.75, 3.05) is 5.75 Å². The van der Waals surface area contributed by atoms with Gasteiger partial charge in [0.25, 0.3) is 0 Å². The van der Waals surface area contributed by atoms with Crippen molar-refractivity contribution >= 4 is 17.5 Å². The average molecular weight is 208 g/mol. The quantitative estimate of drug-likeness (QED) is 0.797. The predicted molar refractivity (Wildman–Crippen MR) is 57.0 cm³/mol. The third-order valence-electron chi connectivity index (χ3n) is 2.26. The van der Waals surface area contributed by atoms with Crippen LogP contribution in [0.1, 0.15) is 17.9 Å². The molecular formula is C10H12N2OS. The van der Waals surface area contributed by atoms with Crippen LogP contribution in [0, 0.1) is 0 Å². The van der Waals surface area contributed by atoms with E-state index >= 15 is 0 Å². The Morgan fingerprint density at radius 2 is 2.57 bits per heavy atom. The Balaban J connectivity index is 2.06. The van der Waals surface area contributed by atoms with Crippen LogP contribution >= 0.6 is 11.8 Å². The van der Waals surface area contributed by atoms with Crippen LogP contribution in [0.25, 0.3) is 0 Å². The van der Waals surface area contributed by atoms with Gasteiger partial charge in [-0.05, 0) is 18.6 Å². The Hall–Kier alpha value is -0.870. The first-order chi connectivity index (χ1) is 6.77. The largest absolute Gasteiger partial charge is 0.298 e. The number of pyridine rings is 1. The smallest absolute Gasteiger partial charge is 0.147 e. The lowest BCUT2D eigenvalue weighted by atomic mass is 10.2. The lowest BCUT2D eigenvalue weighted by molar-refractivity contribution is -0.118. The summed E-state index contributed by atoms with van der Waals surface area (Å²) in [5.41, 5.74) is 1.14. The second-order valence-corrected chi connectivity index (χ2v) is 4.47. The molecule has 0 spiro atoms. The van der Waals surface area contributed by atoms with Crippen LogP contribution < -0.4 is 5.32 Å². The minimum absolute atomic E-state index is 0.00482. The lowest BCUT2D eigenvalue weighted by Gasteiger charge is -2.10. The van der Waals surface area contributed by atoms with Gasteiger partial charge in [-0.2, -0.15) is 0 Å². The number of Topliss-reactive ketones (excluding diaryl/α,β-unsaturated/α-hetero) is 1. The molecule has 0 aliphatic carbocycles. The number of aromatic nitrogens is 1. The fourth-order valence-corrected chi connectivity index (χ4v) is 2.74. The molecule has 0 amide bonds. The molecule has 1 saturated heterocycles. The van der Waals surface area contributed by atoms with Gasteiger partial charge in [-0.1, -0.05) is 6.07 Å². The second-order valence-electron chi connectivity index (χ2n) is 3.33. The van der Waals surface area contributed by atoms with E-state index in [2.05, 4.69) is 10.3 Å². The standard InChI is InChI=1S/C10H12N2OS/c1-7(13)9-6-14-10(12-9)8-3-2-4-11-5-8/h2-5,9-10,12H,6H2,1H3/t9-,10?/m0/s1.